The Balaban J connectivity index is 0.000000331. The fourth-order valence-corrected chi connectivity index (χ4v) is 3.70. The zero-order chi connectivity index (χ0) is 23.6. The van der Waals surface area contributed by atoms with Gasteiger partial charge in [-0.2, -0.15) is 10.1 Å². The van der Waals surface area contributed by atoms with E-state index >= 15 is 0 Å². The Morgan fingerprint density at radius 3 is 2.42 bits per heavy atom. The number of fused-ring (bicyclic) bond motifs is 3. The summed E-state index contributed by atoms with van der Waals surface area (Å²) in [6, 6.07) is 8.65. The van der Waals surface area contributed by atoms with Crippen molar-refractivity contribution >= 4 is 5.82 Å². The highest BCUT2D eigenvalue weighted by Gasteiger charge is 2.22. The SMILES string of the molecule is CCCCCCCC.CNc1ccc2c(n1)OCc1cc(-c3cnnc(OC)c3)c(F)cc1-2. The molecule has 3 heterocycles. The number of rotatable bonds is 8. The molecule has 0 saturated heterocycles. The van der Waals surface area contributed by atoms with Gasteiger partial charge in [0.1, 0.15) is 18.2 Å². The van der Waals surface area contributed by atoms with Crippen molar-refractivity contribution in [1.82, 2.24) is 15.2 Å². The fourth-order valence-electron chi connectivity index (χ4n) is 3.70. The van der Waals surface area contributed by atoms with E-state index in [2.05, 4.69) is 34.3 Å². The quantitative estimate of drug-likeness (QED) is 0.386. The molecule has 0 fully saturated rings. The summed E-state index contributed by atoms with van der Waals surface area (Å²) < 4.78 is 25.6. The first-order valence-corrected chi connectivity index (χ1v) is 11.6. The first-order valence-electron chi connectivity index (χ1n) is 11.6. The van der Waals surface area contributed by atoms with E-state index in [1.165, 1.54) is 57.9 Å². The van der Waals surface area contributed by atoms with Crippen molar-refractivity contribution in [3.05, 3.63) is 47.9 Å². The second kappa shape index (κ2) is 12.1. The molecule has 1 aliphatic heterocycles. The molecule has 3 aromatic rings. The summed E-state index contributed by atoms with van der Waals surface area (Å²) >= 11 is 0. The topological polar surface area (TPSA) is 69.2 Å². The van der Waals surface area contributed by atoms with Crippen molar-refractivity contribution < 1.29 is 13.9 Å². The monoisotopic (exact) mass is 452 g/mol. The Kier molecular flexibility index (Phi) is 8.98. The maximum Gasteiger partial charge on any atom is 0.233 e. The average molecular weight is 453 g/mol. The molecular formula is C26H33FN4O2. The number of methoxy groups -OCH3 is 1. The van der Waals surface area contributed by atoms with Crippen LogP contribution in [0.5, 0.6) is 11.8 Å². The van der Waals surface area contributed by atoms with Crippen LogP contribution in [0.2, 0.25) is 0 Å². The van der Waals surface area contributed by atoms with E-state index in [9.17, 15) is 4.39 Å². The lowest BCUT2D eigenvalue weighted by molar-refractivity contribution is 0.290. The minimum atomic E-state index is -0.348. The molecule has 1 N–H and O–H groups in total. The third-order valence-corrected chi connectivity index (χ3v) is 5.57. The number of anilines is 1. The van der Waals surface area contributed by atoms with Crippen LogP contribution in [-0.4, -0.2) is 29.3 Å². The molecule has 0 unspecified atom stereocenters. The average Bonchev–Trinajstić information content (AvgIpc) is 2.86. The van der Waals surface area contributed by atoms with Crippen molar-refractivity contribution in [2.75, 3.05) is 19.5 Å². The Morgan fingerprint density at radius 2 is 1.76 bits per heavy atom. The number of aromatic nitrogens is 3. The molecule has 7 heteroatoms. The third kappa shape index (κ3) is 6.18. The van der Waals surface area contributed by atoms with Gasteiger partial charge in [-0.1, -0.05) is 52.4 Å². The van der Waals surface area contributed by atoms with E-state index in [-0.39, 0.29) is 5.82 Å². The minimum absolute atomic E-state index is 0.325. The smallest absolute Gasteiger partial charge is 0.233 e. The maximum absolute atomic E-state index is 14.8. The van der Waals surface area contributed by atoms with E-state index in [1.54, 1.807) is 19.2 Å². The molecule has 0 atom stereocenters. The molecule has 176 valence electrons. The lowest BCUT2D eigenvalue weighted by atomic mass is 9.94. The molecule has 1 aromatic carbocycles. The number of hydrogen-bond donors (Lipinski definition) is 1. The summed E-state index contributed by atoms with van der Waals surface area (Å²) in [6.45, 7) is 4.84. The van der Waals surface area contributed by atoms with Gasteiger partial charge in [-0.15, -0.1) is 5.10 Å². The largest absolute Gasteiger partial charge is 0.480 e. The Morgan fingerprint density at radius 1 is 1.00 bits per heavy atom. The van der Waals surface area contributed by atoms with E-state index in [0.29, 0.717) is 35.3 Å². The number of unbranched alkanes of at least 4 members (excludes halogenated alkanes) is 5. The van der Waals surface area contributed by atoms with Gasteiger partial charge in [0.2, 0.25) is 11.8 Å². The summed E-state index contributed by atoms with van der Waals surface area (Å²) in [4.78, 5) is 4.37. The number of ether oxygens (including phenoxy) is 2. The zero-order valence-electron chi connectivity index (χ0n) is 19.9. The molecule has 6 nitrogen and oxygen atoms in total. The molecule has 2 aromatic heterocycles. The van der Waals surface area contributed by atoms with Crippen LogP contribution < -0.4 is 14.8 Å². The van der Waals surface area contributed by atoms with Crippen LogP contribution in [0.15, 0.2) is 36.5 Å². The highest BCUT2D eigenvalue weighted by molar-refractivity contribution is 5.78. The molecular weight excluding hydrogens is 419 g/mol. The third-order valence-electron chi connectivity index (χ3n) is 5.57. The van der Waals surface area contributed by atoms with Gasteiger partial charge in [-0.3, -0.25) is 0 Å². The predicted octanol–water partition coefficient (Wildman–Crippen LogP) is 6.65. The summed E-state index contributed by atoms with van der Waals surface area (Å²) in [6.07, 6.45) is 9.99. The number of nitrogens with one attached hydrogen (secondary N) is 1. The van der Waals surface area contributed by atoms with Crippen LogP contribution in [0, 0.1) is 5.82 Å². The second-order valence-corrected chi connectivity index (χ2v) is 7.98. The Hall–Kier alpha value is -3.22. The number of hydrogen-bond acceptors (Lipinski definition) is 6. The lowest BCUT2D eigenvalue weighted by Crippen LogP contribution is -2.09. The van der Waals surface area contributed by atoms with E-state index in [0.717, 1.165) is 16.7 Å². The van der Waals surface area contributed by atoms with Gasteiger partial charge in [0.25, 0.3) is 0 Å². The van der Waals surface area contributed by atoms with Crippen molar-refractivity contribution in [3.8, 4) is 34.0 Å². The molecule has 0 spiro atoms. The van der Waals surface area contributed by atoms with Gasteiger partial charge < -0.3 is 14.8 Å². The number of pyridine rings is 1. The Labute approximate surface area is 195 Å². The molecule has 0 aliphatic carbocycles. The van der Waals surface area contributed by atoms with Crippen LogP contribution in [-0.2, 0) is 6.61 Å². The summed E-state index contributed by atoms with van der Waals surface area (Å²) in [5, 5.41) is 10.6. The van der Waals surface area contributed by atoms with E-state index < -0.39 is 0 Å². The van der Waals surface area contributed by atoms with Crippen molar-refractivity contribution in [2.45, 2.75) is 59.0 Å². The van der Waals surface area contributed by atoms with Crippen LogP contribution in [0.3, 0.4) is 0 Å². The number of benzene rings is 1. The number of nitrogens with zero attached hydrogens (tertiary/aromatic N) is 3. The summed E-state index contributed by atoms with van der Waals surface area (Å²) in [5.41, 5.74) is 3.47. The van der Waals surface area contributed by atoms with Gasteiger partial charge in [-0.25, -0.2) is 4.39 Å². The van der Waals surface area contributed by atoms with Gasteiger partial charge in [0.05, 0.1) is 13.3 Å². The second-order valence-electron chi connectivity index (χ2n) is 7.98. The first kappa shape index (κ1) is 24.4. The van der Waals surface area contributed by atoms with Gasteiger partial charge in [0.15, 0.2) is 0 Å². The van der Waals surface area contributed by atoms with Gasteiger partial charge in [-0.05, 0) is 35.4 Å². The summed E-state index contributed by atoms with van der Waals surface area (Å²) in [5.74, 6) is 1.19. The zero-order valence-corrected chi connectivity index (χ0v) is 19.9. The standard InChI is InChI=1S/C18H15FN4O2.C8H18/c1-20-16-4-3-12-13-7-15(19)14(5-11(13)9-25-18(12)22-16)10-6-17(24-2)23-21-8-10;1-3-5-7-8-6-4-2/h3-8H,9H2,1-2H3,(H,20,22);3-8H2,1-2H3. The van der Waals surface area contributed by atoms with Gasteiger partial charge >= 0.3 is 0 Å². The molecule has 33 heavy (non-hydrogen) atoms. The molecule has 0 saturated carbocycles. The van der Waals surface area contributed by atoms with Crippen LogP contribution >= 0.6 is 0 Å². The molecule has 0 radical (unpaired) electrons. The van der Waals surface area contributed by atoms with E-state index in [4.69, 9.17) is 9.47 Å². The van der Waals surface area contributed by atoms with Crippen LogP contribution in [0.25, 0.3) is 22.3 Å². The van der Waals surface area contributed by atoms with Crippen molar-refractivity contribution in [1.29, 1.82) is 0 Å². The summed E-state index contributed by atoms with van der Waals surface area (Å²) in [7, 11) is 3.28. The van der Waals surface area contributed by atoms with Crippen molar-refractivity contribution in [2.24, 2.45) is 0 Å². The normalized spacial score (nSPS) is 11.4. The molecule has 0 amide bonds. The highest BCUT2D eigenvalue weighted by atomic mass is 19.1. The lowest BCUT2D eigenvalue weighted by Gasteiger charge is -2.21. The molecule has 4 rings (SSSR count). The minimum Gasteiger partial charge on any atom is -0.480 e. The van der Waals surface area contributed by atoms with Crippen molar-refractivity contribution in [3.63, 3.8) is 0 Å². The molecule has 1 aliphatic rings. The van der Waals surface area contributed by atoms with Gasteiger partial charge in [0, 0.05) is 29.8 Å². The highest BCUT2D eigenvalue weighted by Crippen LogP contribution is 2.40. The maximum atomic E-state index is 14.8. The molecule has 0 bridgehead atoms. The fraction of sp³-hybridized carbons (Fsp3) is 0.423. The Bertz CT molecular complexity index is 1050. The first-order chi connectivity index (χ1) is 16.1. The van der Waals surface area contributed by atoms with E-state index in [1.807, 2.05) is 12.1 Å². The van der Waals surface area contributed by atoms with Crippen LogP contribution in [0.1, 0.15) is 57.9 Å². The predicted molar refractivity (Wildman–Crippen MR) is 130 cm³/mol. The van der Waals surface area contributed by atoms with Crippen LogP contribution in [0.4, 0.5) is 10.2 Å². The number of halogens is 1.